The van der Waals surface area contributed by atoms with Crippen LogP contribution < -0.4 is 0 Å². The number of allylic oxidation sites excluding steroid dienone is 1. The van der Waals surface area contributed by atoms with Crippen LogP contribution in [0.3, 0.4) is 0 Å². The Morgan fingerprint density at radius 3 is 2.62 bits per heavy atom. The molecule has 0 radical (unpaired) electrons. The van der Waals surface area contributed by atoms with Gasteiger partial charge in [-0.05, 0) is 24.4 Å². The number of thioether (sulfide) groups is 1. The van der Waals surface area contributed by atoms with E-state index in [1.54, 1.807) is 17.8 Å². The number of phenolic OH excluding ortho intramolecular Hbond substituents is 1. The number of benzene rings is 2. The summed E-state index contributed by atoms with van der Waals surface area (Å²) in [6.45, 7) is 2.02. The maximum absolute atomic E-state index is 9.74. The average molecular weight is 230 g/mol. The van der Waals surface area contributed by atoms with Crippen molar-refractivity contribution >= 4 is 22.5 Å². The topological polar surface area (TPSA) is 20.2 Å². The Bertz CT molecular complexity index is 517. The lowest BCUT2D eigenvalue weighted by Gasteiger charge is -2.06. The van der Waals surface area contributed by atoms with Crippen molar-refractivity contribution in [1.82, 2.24) is 0 Å². The van der Waals surface area contributed by atoms with E-state index in [2.05, 4.69) is 12.2 Å². The van der Waals surface area contributed by atoms with E-state index in [4.69, 9.17) is 0 Å². The Kier molecular flexibility index (Phi) is 3.52. The summed E-state index contributed by atoms with van der Waals surface area (Å²) in [4.78, 5) is 1.21. The molecule has 0 aliphatic rings. The lowest BCUT2D eigenvalue weighted by atomic mass is 10.1. The molecule has 0 saturated carbocycles. The van der Waals surface area contributed by atoms with Crippen LogP contribution in [0.1, 0.15) is 6.92 Å². The highest BCUT2D eigenvalue weighted by atomic mass is 32.2. The van der Waals surface area contributed by atoms with E-state index in [0.29, 0.717) is 5.75 Å². The van der Waals surface area contributed by atoms with Crippen molar-refractivity contribution in [2.45, 2.75) is 11.8 Å². The molecule has 1 nitrogen and oxygen atoms in total. The van der Waals surface area contributed by atoms with Gasteiger partial charge in [-0.25, -0.2) is 0 Å². The third-order valence-electron chi connectivity index (χ3n) is 2.43. The highest BCUT2D eigenvalue weighted by molar-refractivity contribution is 7.99. The molecule has 0 aromatic heterocycles. The summed E-state index contributed by atoms with van der Waals surface area (Å²) in [6, 6.07) is 11.7. The minimum atomic E-state index is 0.353. The number of rotatable bonds is 3. The lowest BCUT2D eigenvalue weighted by molar-refractivity contribution is 0.481. The van der Waals surface area contributed by atoms with Gasteiger partial charge in [0, 0.05) is 16.0 Å². The first-order valence-corrected chi connectivity index (χ1v) is 6.26. The van der Waals surface area contributed by atoms with Crippen LogP contribution in [0.4, 0.5) is 0 Å². The summed E-state index contributed by atoms with van der Waals surface area (Å²) >= 11 is 1.79. The van der Waals surface area contributed by atoms with Crippen LogP contribution in [-0.4, -0.2) is 10.9 Å². The third kappa shape index (κ3) is 2.22. The van der Waals surface area contributed by atoms with Crippen LogP contribution in [-0.2, 0) is 0 Å². The predicted octanol–water partition coefficient (Wildman–Crippen LogP) is 4.21. The fourth-order valence-corrected chi connectivity index (χ4v) is 2.58. The first-order chi connectivity index (χ1) is 7.83. The second-order valence-electron chi connectivity index (χ2n) is 3.51. The van der Waals surface area contributed by atoms with Crippen molar-refractivity contribution < 1.29 is 5.11 Å². The molecule has 0 saturated heterocycles. The molecular weight excluding hydrogens is 216 g/mol. The number of aromatic hydroxyl groups is 1. The molecule has 0 heterocycles. The molecular formula is C14H14OS. The van der Waals surface area contributed by atoms with Gasteiger partial charge in [0.15, 0.2) is 0 Å². The lowest BCUT2D eigenvalue weighted by Crippen LogP contribution is -1.79. The quantitative estimate of drug-likeness (QED) is 0.629. The van der Waals surface area contributed by atoms with Crippen molar-refractivity contribution in [1.29, 1.82) is 0 Å². The minimum absolute atomic E-state index is 0.353. The van der Waals surface area contributed by atoms with Gasteiger partial charge in [0.05, 0.1) is 0 Å². The van der Waals surface area contributed by atoms with E-state index in [0.717, 1.165) is 16.5 Å². The molecule has 0 spiro atoms. The smallest absolute Gasteiger partial charge is 0.123 e. The highest BCUT2D eigenvalue weighted by Crippen LogP contribution is 2.33. The monoisotopic (exact) mass is 230 g/mol. The summed E-state index contributed by atoms with van der Waals surface area (Å²) in [5.41, 5.74) is 0. The Hall–Kier alpha value is -1.41. The van der Waals surface area contributed by atoms with Gasteiger partial charge in [0.25, 0.3) is 0 Å². The number of phenols is 1. The molecule has 2 aromatic carbocycles. The second kappa shape index (κ2) is 5.08. The zero-order valence-electron chi connectivity index (χ0n) is 9.18. The van der Waals surface area contributed by atoms with Crippen LogP contribution in [0.5, 0.6) is 5.75 Å². The maximum atomic E-state index is 9.74. The molecule has 2 heteroatoms. The number of hydrogen-bond donors (Lipinski definition) is 1. The van der Waals surface area contributed by atoms with Gasteiger partial charge in [0.1, 0.15) is 5.75 Å². The van der Waals surface area contributed by atoms with Crippen molar-refractivity contribution in [3.05, 3.63) is 48.6 Å². The number of fused-ring (bicyclic) bond motifs is 1. The summed E-state index contributed by atoms with van der Waals surface area (Å²) in [5.74, 6) is 1.32. The van der Waals surface area contributed by atoms with Crippen molar-refractivity contribution in [2.24, 2.45) is 0 Å². The maximum Gasteiger partial charge on any atom is 0.123 e. The van der Waals surface area contributed by atoms with Gasteiger partial charge >= 0.3 is 0 Å². The Labute approximate surface area is 99.8 Å². The van der Waals surface area contributed by atoms with Gasteiger partial charge in [-0.2, -0.15) is 0 Å². The van der Waals surface area contributed by atoms with E-state index in [1.165, 1.54) is 4.90 Å². The molecule has 0 atom stereocenters. The Morgan fingerprint density at radius 1 is 1.12 bits per heavy atom. The molecule has 2 aromatic rings. The van der Waals surface area contributed by atoms with Gasteiger partial charge < -0.3 is 5.11 Å². The summed E-state index contributed by atoms with van der Waals surface area (Å²) in [7, 11) is 0. The second-order valence-corrected chi connectivity index (χ2v) is 4.57. The zero-order valence-corrected chi connectivity index (χ0v) is 10.00. The van der Waals surface area contributed by atoms with Crippen LogP contribution in [0.25, 0.3) is 10.8 Å². The van der Waals surface area contributed by atoms with Crippen LogP contribution >= 0.6 is 11.8 Å². The zero-order chi connectivity index (χ0) is 11.4. The van der Waals surface area contributed by atoms with Gasteiger partial charge in [-0.1, -0.05) is 36.4 Å². The summed E-state index contributed by atoms with van der Waals surface area (Å²) < 4.78 is 0. The molecule has 0 bridgehead atoms. The summed E-state index contributed by atoms with van der Waals surface area (Å²) in [5, 5.41) is 11.8. The Morgan fingerprint density at radius 2 is 1.88 bits per heavy atom. The fourth-order valence-electron chi connectivity index (χ4n) is 1.62. The standard InChI is InChI=1S/C14H14OS/c1-2-3-10-16-14-9-8-13(15)11-6-4-5-7-12(11)14/h2-9,15H,10H2,1H3/b3-2+. The van der Waals surface area contributed by atoms with E-state index in [1.807, 2.05) is 37.3 Å². The largest absolute Gasteiger partial charge is 0.507 e. The first kappa shape index (κ1) is 11.1. The molecule has 16 heavy (non-hydrogen) atoms. The molecule has 0 amide bonds. The fraction of sp³-hybridized carbons (Fsp3) is 0.143. The molecule has 0 aliphatic carbocycles. The van der Waals surface area contributed by atoms with Crippen molar-refractivity contribution in [3.8, 4) is 5.75 Å². The first-order valence-electron chi connectivity index (χ1n) is 5.27. The third-order valence-corrected chi connectivity index (χ3v) is 3.46. The molecule has 2 rings (SSSR count). The summed E-state index contributed by atoms with van der Waals surface area (Å²) in [6.07, 6.45) is 4.18. The van der Waals surface area contributed by atoms with E-state index >= 15 is 0 Å². The highest BCUT2D eigenvalue weighted by Gasteiger charge is 2.03. The van der Waals surface area contributed by atoms with Crippen LogP contribution in [0, 0.1) is 0 Å². The predicted molar refractivity (Wildman–Crippen MR) is 71.2 cm³/mol. The number of hydrogen-bond acceptors (Lipinski definition) is 2. The van der Waals surface area contributed by atoms with Crippen LogP contribution in [0.15, 0.2) is 53.4 Å². The Balaban J connectivity index is 2.42. The van der Waals surface area contributed by atoms with Gasteiger partial charge in [-0.15, -0.1) is 11.8 Å². The molecule has 0 aliphatic heterocycles. The molecule has 1 N–H and O–H groups in total. The normalized spacial score (nSPS) is 11.3. The average Bonchev–Trinajstić information content (AvgIpc) is 2.33. The minimum Gasteiger partial charge on any atom is -0.507 e. The van der Waals surface area contributed by atoms with Crippen molar-refractivity contribution in [3.63, 3.8) is 0 Å². The molecule has 82 valence electrons. The van der Waals surface area contributed by atoms with Gasteiger partial charge in [0.2, 0.25) is 0 Å². The molecule has 0 unspecified atom stereocenters. The van der Waals surface area contributed by atoms with Crippen LogP contribution in [0.2, 0.25) is 0 Å². The SMILES string of the molecule is C/C=C/CSc1ccc(O)c2ccccc12. The van der Waals surface area contributed by atoms with Gasteiger partial charge in [-0.3, -0.25) is 0 Å². The molecule has 0 fully saturated rings. The van der Waals surface area contributed by atoms with E-state index in [-0.39, 0.29) is 0 Å². The van der Waals surface area contributed by atoms with Crippen molar-refractivity contribution in [2.75, 3.05) is 5.75 Å². The van der Waals surface area contributed by atoms with E-state index < -0.39 is 0 Å². The van der Waals surface area contributed by atoms with E-state index in [9.17, 15) is 5.11 Å².